The summed E-state index contributed by atoms with van der Waals surface area (Å²) in [4.78, 5) is 11.5. The summed E-state index contributed by atoms with van der Waals surface area (Å²) in [5.41, 5.74) is 0. The summed E-state index contributed by atoms with van der Waals surface area (Å²) in [7, 11) is 0. The second-order valence-corrected chi connectivity index (χ2v) is 4.56. The number of rotatable bonds is 7. The average Bonchev–Trinajstić information content (AvgIpc) is 2.36. The van der Waals surface area contributed by atoms with Crippen LogP contribution >= 0.6 is 15.9 Å². The van der Waals surface area contributed by atoms with Crippen molar-refractivity contribution in [2.45, 2.75) is 12.5 Å². The van der Waals surface area contributed by atoms with Crippen LogP contribution in [0.2, 0.25) is 0 Å². The lowest BCUT2D eigenvalue weighted by Crippen LogP contribution is -2.36. The molecule has 1 atom stereocenters. The Morgan fingerprint density at radius 1 is 1.61 bits per heavy atom. The number of hydrogen-bond donors (Lipinski definition) is 2. The molecular weight excluding hydrogens is 298 g/mol. The van der Waals surface area contributed by atoms with E-state index < -0.39 is 6.04 Å². The van der Waals surface area contributed by atoms with Gasteiger partial charge in [-0.15, -0.1) is 6.58 Å². The van der Waals surface area contributed by atoms with Crippen molar-refractivity contribution in [3.8, 4) is 5.75 Å². The Kier molecular flexibility index (Phi) is 6.46. The smallest absolute Gasteiger partial charge is 0.223 e. The van der Waals surface area contributed by atoms with Crippen LogP contribution in [0.4, 0.5) is 0 Å². The van der Waals surface area contributed by atoms with E-state index in [2.05, 4.69) is 27.8 Å². The molecule has 0 radical (unpaired) electrons. The molecule has 5 heteroatoms. The van der Waals surface area contributed by atoms with Crippen molar-refractivity contribution in [2.75, 3.05) is 13.2 Å². The lowest BCUT2D eigenvalue weighted by Gasteiger charge is -2.12. The first-order chi connectivity index (χ1) is 8.65. The fourth-order valence-electron chi connectivity index (χ4n) is 1.28. The summed E-state index contributed by atoms with van der Waals surface area (Å²) in [5, 5.41) is 11.5. The minimum absolute atomic E-state index is 0.151. The molecule has 0 spiro atoms. The first kappa shape index (κ1) is 14.7. The zero-order valence-electron chi connectivity index (χ0n) is 9.93. The van der Waals surface area contributed by atoms with Gasteiger partial charge in [-0.25, -0.2) is 0 Å². The van der Waals surface area contributed by atoms with Crippen molar-refractivity contribution in [2.24, 2.45) is 0 Å². The summed E-state index contributed by atoms with van der Waals surface area (Å²) in [6.07, 6.45) is 1.73. The van der Waals surface area contributed by atoms with Crippen LogP contribution in [0.3, 0.4) is 0 Å². The molecule has 2 N–H and O–H groups in total. The van der Waals surface area contributed by atoms with E-state index in [1.54, 1.807) is 0 Å². The van der Waals surface area contributed by atoms with Crippen LogP contribution < -0.4 is 10.1 Å². The molecule has 1 aromatic carbocycles. The standard InChI is InChI=1S/C13H16BrNO3/c1-2-11(9-16)15-13(17)6-7-18-12-5-3-4-10(14)8-12/h2-5,8,11,16H,1,6-7,9H2,(H,15,17). The largest absolute Gasteiger partial charge is 0.493 e. The van der Waals surface area contributed by atoms with Crippen molar-refractivity contribution in [1.29, 1.82) is 0 Å². The highest BCUT2D eigenvalue weighted by Crippen LogP contribution is 2.17. The fraction of sp³-hybridized carbons (Fsp3) is 0.308. The highest BCUT2D eigenvalue weighted by molar-refractivity contribution is 9.10. The van der Waals surface area contributed by atoms with Crippen LogP contribution in [0.1, 0.15) is 6.42 Å². The van der Waals surface area contributed by atoms with Crippen LogP contribution in [0.15, 0.2) is 41.4 Å². The molecule has 0 saturated heterocycles. The number of ether oxygens (including phenoxy) is 1. The monoisotopic (exact) mass is 313 g/mol. The van der Waals surface area contributed by atoms with Gasteiger partial charge in [-0.2, -0.15) is 0 Å². The van der Waals surface area contributed by atoms with Gasteiger partial charge in [-0.3, -0.25) is 4.79 Å². The Hall–Kier alpha value is -1.33. The quantitative estimate of drug-likeness (QED) is 0.756. The number of aliphatic hydroxyl groups is 1. The van der Waals surface area contributed by atoms with E-state index in [0.717, 1.165) is 4.47 Å². The highest BCUT2D eigenvalue weighted by atomic mass is 79.9. The van der Waals surface area contributed by atoms with Crippen molar-refractivity contribution in [1.82, 2.24) is 5.32 Å². The second-order valence-electron chi connectivity index (χ2n) is 3.65. The van der Waals surface area contributed by atoms with Gasteiger partial charge in [-0.05, 0) is 18.2 Å². The molecule has 0 bridgehead atoms. The normalized spacial score (nSPS) is 11.7. The molecular formula is C13H16BrNO3. The van der Waals surface area contributed by atoms with Gasteiger partial charge in [0.05, 0.1) is 25.7 Å². The van der Waals surface area contributed by atoms with Gasteiger partial charge in [0, 0.05) is 4.47 Å². The Bertz CT molecular complexity index is 409. The Morgan fingerprint density at radius 3 is 3.00 bits per heavy atom. The number of benzene rings is 1. The van der Waals surface area contributed by atoms with E-state index in [0.29, 0.717) is 5.75 Å². The van der Waals surface area contributed by atoms with Crippen molar-refractivity contribution >= 4 is 21.8 Å². The first-order valence-electron chi connectivity index (χ1n) is 5.57. The van der Waals surface area contributed by atoms with E-state index in [1.807, 2.05) is 24.3 Å². The van der Waals surface area contributed by atoms with Crippen LogP contribution in [0.5, 0.6) is 5.75 Å². The van der Waals surface area contributed by atoms with Gasteiger partial charge in [0.25, 0.3) is 0 Å². The first-order valence-corrected chi connectivity index (χ1v) is 6.36. The molecule has 0 saturated carbocycles. The lowest BCUT2D eigenvalue weighted by atomic mass is 10.3. The van der Waals surface area contributed by atoms with Gasteiger partial charge in [0.1, 0.15) is 5.75 Å². The summed E-state index contributed by atoms with van der Waals surface area (Å²) >= 11 is 3.34. The second kappa shape index (κ2) is 7.89. The number of carbonyl (C=O) groups excluding carboxylic acids is 1. The van der Waals surface area contributed by atoms with E-state index in [4.69, 9.17) is 9.84 Å². The molecule has 0 fully saturated rings. The molecule has 4 nitrogen and oxygen atoms in total. The number of hydrogen-bond acceptors (Lipinski definition) is 3. The number of nitrogens with one attached hydrogen (secondary N) is 1. The molecule has 1 rings (SSSR count). The molecule has 0 aliphatic heterocycles. The zero-order valence-corrected chi connectivity index (χ0v) is 11.5. The van der Waals surface area contributed by atoms with E-state index in [9.17, 15) is 4.79 Å². The van der Waals surface area contributed by atoms with Crippen molar-refractivity contribution in [3.63, 3.8) is 0 Å². The minimum Gasteiger partial charge on any atom is -0.493 e. The number of carbonyl (C=O) groups is 1. The van der Waals surface area contributed by atoms with Crippen molar-refractivity contribution in [3.05, 3.63) is 41.4 Å². The predicted molar refractivity (Wildman–Crippen MR) is 73.5 cm³/mol. The van der Waals surface area contributed by atoms with E-state index in [1.165, 1.54) is 6.08 Å². The van der Waals surface area contributed by atoms with Gasteiger partial charge >= 0.3 is 0 Å². The zero-order chi connectivity index (χ0) is 13.4. The van der Waals surface area contributed by atoms with Crippen LogP contribution in [0.25, 0.3) is 0 Å². The fourth-order valence-corrected chi connectivity index (χ4v) is 1.65. The average molecular weight is 314 g/mol. The maximum absolute atomic E-state index is 11.5. The third-order valence-corrected chi connectivity index (χ3v) is 2.71. The third kappa shape index (κ3) is 5.33. The summed E-state index contributed by atoms with van der Waals surface area (Å²) < 4.78 is 6.35. The SMILES string of the molecule is C=CC(CO)NC(=O)CCOc1cccc(Br)c1. The third-order valence-electron chi connectivity index (χ3n) is 2.22. The summed E-state index contributed by atoms with van der Waals surface area (Å²) in [6, 6.07) is 7.01. The van der Waals surface area contributed by atoms with Crippen LogP contribution in [-0.4, -0.2) is 30.3 Å². The van der Waals surface area contributed by atoms with E-state index >= 15 is 0 Å². The lowest BCUT2D eigenvalue weighted by molar-refractivity contribution is -0.122. The molecule has 0 aliphatic rings. The highest BCUT2D eigenvalue weighted by Gasteiger charge is 2.07. The molecule has 1 aromatic rings. The topological polar surface area (TPSA) is 58.6 Å². The number of halogens is 1. The molecule has 1 amide bonds. The maximum atomic E-state index is 11.5. The summed E-state index contributed by atoms with van der Waals surface area (Å²) in [5.74, 6) is 0.531. The van der Waals surface area contributed by atoms with Gasteiger partial charge in [-0.1, -0.05) is 28.1 Å². The Morgan fingerprint density at radius 2 is 2.39 bits per heavy atom. The molecule has 1 unspecified atom stereocenters. The van der Waals surface area contributed by atoms with Crippen LogP contribution in [-0.2, 0) is 4.79 Å². The molecule has 0 heterocycles. The predicted octanol–water partition coefficient (Wildman–Crippen LogP) is 1.88. The Labute approximate surface area is 115 Å². The molecule has 0 aromatic heterocycles. The van der Waals surface area contributed by atoms with Crippen LogP contribution in [0, 0.1) is 0 Å². The molecule has 98 valence electrons. The maximum Gasteiger partial charge on any atom is 0.223 e. The number of amides is 1. The molecule has 0 aliphatic carbocycles. The van der Waals surface area contributed by atoms with E-state index in [-0.39, 0.29) is 25.5 Å². The number of aliphatic hydroxyl groups excluding tert-OH is 1. The van der Waals surface area contributed by atoms with Gasteiger partial charge < -0.3 is 15.2 Å². The summed E-state index contributed by atoms with van der Waals surface area (Å²) in [6.45, 7) is 3.65. The van der Waals surface area contributed by atoms with Gasteiger partial charge in [0.15, 0.2) is 0 Å². The van der Waals surface area contributed by atoms with Gasteiger partial charge in [0.2, 0.25) is 5.91 Å². The Balaban J connectivity index is 2.29. The minimum atomic E-state index is -0.400. The van der Waals surface area contributed by atoms with Crippen molar-refractivity contribution < 1.29 is 14.6 Å². The molecule has 18 heavy (non-hydrogen) atoms.